The average molecular weight is 487 g/mol. The van der Waals surface area contributed by atoms with Crippen LogP contribution in [0.15, 0.2) is 68.9 Å². The maximum absolute atomic E-state index is 9.70. The van der Waals surface area contributed by atoms with Crippen molar-refractivity contribution in [3.63, 3.8) is 0 Å². The van der Waals surface area contributed by atoms with Gasteiger partial charge in [0.25, 0.3) is 0 Å². The van der Waals surface area contributed by atoms with Gasteiger partial charge in [0, 0.05) is 35.0 Å². The molecule has 0 saturated carbocycles. The van der Waals surface area contributed by atoms with Crippen LogP contribution in [0.2, 0.25) is 0 Å². The summed E-state index contributed by atoms with van der Waals surface area (Å²) in [5, 5.41) is 20.6. The lowest BCUT2D eigenvalue weighted by atomic mass is 10.1. The highest BCUT2D eigenvalue weighted by atomic mass is 32.2. The minimum atomic E-state index is 0.0691. The third-order valence-corrected chi connectivity index (χ3v) is 8.05. The molecule has 1 atom stereocenters. The number of thioether (sulfide) groups is 2. The van der Waals surface area contributed by atoms with Gasteiger partial charge in [0.2, 0.25) is 0 Å². The SMILES string of the molecule is CCC(=CC1Sc2ccc(OC)cc2N1CCO)C=C1Sc2ccc(OC)cc2N1CCO. The molecule has 2 N–H and O–H groups in total. The van der Waals surface area contributed by atoms with E-state index >= 15 is 0 Å². The lowest BCUT2D eigenvalue weighted by Crippen LogP contribution is -2.31. The molecule has 2 aromatic rings. The number of hydrogen-bond acceptors (Lipinski definition) is 8. The molecule has 6 nitrogen and oxygen atoms in total. The molecule has 2 aromatic carbocycles. The van der Waals surface area contributed by atoms with E-state index in [0.717, 1.165) is 39.2 Å². The smallest absolute Gasteiger partial charge is 0.121 e. The van der Waals surface area contributed by atoms with Crippen LogP contribution in [-0.4, -0.2) is 56.1 Å². The van der Waals surface area contributed by atoms with E-state index in [1.54, 1.807) is 37.7 Å². The summed E-state index contributed by atoms with van der Waals surface area (Å²) in [7, 11) is 3.34. The van der Waals surface area contributed by atoms with Crippen molar-refractivity contribution in [1.82, 2.24) is 0 Å². The van der Waals surface area contributed by atoms with Crippen molar-refractivity contribution >= 4 is 34.9 Å². The Hall–Kier alpha value is -2.26. The summed E-state index contributed by atoms with van der Waals surface area (Å²) in [6, 6.07) is 12.2. The van der Waals surface area contributed by atoms with Gasteiger partial charge < -0.3 is 29.5 Å². The number of allylic oxidation sites excluding steroid dienone is 2. The van der Waals surface area contributed by atoms with Crippen LogP contribution in [0.25, 0.3) is 0 Å². The molecule has 0 spiro atoms. The summed E-state index contributed by atoms with van der Waals surface area (Å²) in [5.41, 5.74) is 3.36. The number of aliphatic hydroxyl groups is 2. The Bertz CT molecular complexity index is 1060. The lowest BCUT2D eigenvalue weighted by molar-refractivity contribution is 0.302. The highest BCUT2D eigenvalue weighted by molar-refractivity contribution is 8.03. The van der Waals surface area contributed by atoms with Crippen LogP contribution >= 0.6 is 23.5 Å². The molecule has 0 aromatic heterocycles. The number of hydrogen-bond donors (Lipinski definition) is 2. The van der Waals surface area contributed by atoms with Crippen molar-refractivity contribution in [2.75, 3.05) is 50.3 Å². The van der Waals surface area contributed by atoms with Crippen LogP contribution in [0.3, 0.4) is 0 Å². The van der Waals surface area contributed by atoms with Crippen LogP contribution in [0.1, 0.15) is 13.3 Å². The summed E-state index contributed by atoms with van der Waals surface area (Å²) in [4.78, 5) is 6.72. The zero-order valence-corrected chi connectivity index (χ0v) is 20.8. The van der Waals surface area contributed by atoms with Crippen LogP contribution in [0, 0.1) is 0 Å². The molecule has 0 amide bonds. The van der Waals surface area contributed by atoms with Crippen molar-refractivity contribution in [1.29, 1.82) is 0 Å². The van der Waals surface area contributed by atoms with Crippen LogP contribution in [-0.2, 0) is 0 Å². The van der Waals surface area contributed by atoms with Gasteiger partial charge in [-0.3, -0.25) is 0 Å². The predicted octanol–water partition coefficient (Wildman–Crippen LogP) is 4.72. The Labute approximate surface area is 203 Å². The van der Waals surface area contributed by atoms with Gasteiger partial charge in [-0.1, -0.05) is 30.4 Å². The second-order valence-electron chi connectivity index (χ2n) is 7.65. The first-order valence-electron chi connectivity index (χ1n) is 11.0. The van der Waals surface area contributed by atoms with Crippen LogP contribution < -0.4 is 19.3 Å². The van der Waals surface area contributed by atoms with Gasteiger partial charge in [-0.15, -0.1) is 0 Å². The van der Waals surface area contributed by atoms with E-state index in [9.17, 15) is 10.2 Å². The summed E-state index contributed by atoms with van der Waals surface area (Å²) in [5.74, 6) is 1.62. The van der Waals surface area contributed by atoms with E-state index in [1.165, 1.54) is 10.5 Å². The quantitative estimate of drug-likeness (QED) is 0.528. The standard InChI is InChI=1S/C25H30N2O4S2/c1-4-17(13-24-26(9-11-28)20-15-18(30-2)5-7-22(20)32-24)14-25-27(10-12-29)21-16-19(31-3)6-8-23(21)33-25/h5-8,13-16,24,28-29H,4,9-12H2,1-3H3. The summed E-state index contributed by atoms with van der Waals surface area (Å²) >= 11 is 3.50. The molecule has 176 valence electrons. The zero-order valence-electron chi connectivity index (χ0n) is 19.2. The van der Waals surface area contributed by atoms with Crippen molar-refractivity contribution in [3.8, 4) is 11.5 Å². The number of fused-ring (bicyclic) bond motifs is 2. The number of ether oxygens (including phenoxy) is 2. The second-order valence-corrected chi connectivity index (χ2v) is 9.87. The molecule has 2 aliphatic rings. The van der Waals surface area contributed by atoms with Crippen LogP contribution in [0.5, 0.6) is 11.5 Å². The molecule has 0 aliphatic carbocycles. The first-order chi connectivity index (χ1) is 16.1. The lowest BCUT2D eigenvalue weighted by Gasteiger charge is -2.24. The molecule has 1 unspecified atom stereocenters. The molecule has 8 heteroatoms. The van der Waals surface area contributed by atoms with E-state index < -0.39 is 0 Å². The number of nitrogens with zero attached hydrogens (tertiary/aromatic N) is 2. The van der Waals surface area contributed by atoms with E-state index in [2.05, 4.69) is 41.0 Å². The van der Waals surface area contributed by atoms with E-state index in [-0.39, 0.29) is 18.6 Å². The Morgan fingerprint density at radius 3 is 2.27 bits per heavy atom. The number of anilines is 2. The van der Waals surface area contributed by atoms with Crippen LogP contribution in [0.4, 0.5) is 11.4 Å². The van der Waals surface area contributed by atoms with Gasteiger partial charge >= 0.3 is 0 Å². The highest BCUT2D eigenvalue weighted by Crippen LogP contribution is 2.49. The van der Waals surface area contributed by atoms with E-state index in [1.807, 2.05) is 24.3 Å². The van der Waals surface area contributed by atoms with Gasteiger partial charge in [-0.2, -0.15) is 0 Å². The van der Waals surface area contributed by atoms with Crippen molar-refractivity contribution < 1.29 is 19.7 Å². The number of rotatable bonds is 9. The Balaban J connectivity index is 1.64. The minimum absolute atomic E-state index is 0.0691. The zero-order chi connectivity index (χ0) is 23.4. The molecular weight excluding hydrogens is 456 g/mol. The maximum Gasteiger partial charge on any atom is 0.121 e. The summed E-state index contributed by atoms with van der Waals surface area (Å²) < 4.78 is 10.8. The highest BCUT2D eigenvalue weighted by Gasteiger charge is 2.30. The van der Waals surface area contributed by atoms with Gasteiger partial charge in [-0.25, -0.2) is 0 Å². The maximum atomic E-state index is 9.70. The number of benzene rings is 2. The molecule has 0 saturated heterocycles. The first kappa shape index (κ1) is 23.9. The second kappa shape index (κ2) is 10.8. The molecular formula is C25H30N2O4S2. The Kier molecular flexibility index (Phi) is 7.80. The summed E-state index contributed by atoms with van der Waals surface area (Å²) in [6.45, 7) is 3.39. The fraction of sp³-hybridized carbons (Fsp3) is 0.360. The Morgan fingerprint density at radius 1 is 0.970 bits per heavy atom. The Morgan fingerprint density at radius 2 is 1.64 bits per heavy atom. The molecule has 0 bridgehead atoms. The normalized spacial score (nSPS) is 18.6. The topological polar surface area (TPSA) is 65.4 Å². The molecule has 2 aliphatic heterocycles. The fourth-order valence-corrected chi connectivity index (χ4v) is 6.45. The monoisotopic (exact) mass is 486 g/mol. The molecule has 0 fully saturated rings. The molecule has 2 heterocycles. The molecule has 0 radical (unpaired) electrons. The number of β-amino-alcohol motifs (C(OH)–C–C–N with tert-alkyl or cyclic N) is 2. The van der Waals surface area contributed by atoms with Crippen molar-refractivity contribution in [2.45, 2.75) is 28.5 Å². The van der Waals surface area contributed by atoms with Gasteiger partial charge in [-0.05, 0) is 48.4 Å². The average Bonchev–Trinajstić information content (AvgIpc) is 3.35. The predicted molar refractivity (Wildman–Crippen MR) is 137 cm³/mol. The number of aliphatic hydroxyl groups excluding tert-OH is 2. The fourth-order valence-electron chi connectivity index (χ4n) is 4.01. The third-order valence-electron chi connectivity index (χ3n) is 5.71. The molecule has 33 heavy (non-hydrogen) atoms. The van der Waals surface area contributed by atoms with Crippen molar-refractivity contribution in [2.24, 2.45) is 0 Å². The van der Waals surface area contributed by atoms with E-state index in [4.69, 9.17) is 9.47 Å². The summed E-state index contributed by atoms with van der Waals surface area (Å²) in [6.07, 6.45) is 5.37. The number of methoxy groups -OCH3 is 2. The molecule has 4 rings (SSSR count). The van der Waals surface area contributed by atoms with Gasteiger partial charge in [0.05, 0.1) is 49.2 Å². The first-order valence-corrected chi connectivity index (χ1v) is 12.7. The third kappa shape index (κ3) is 4.99. The van der Waals surface area contributed by atoms with Gasteiger partial charge in [0.1, 0.15) is 11.5 Å². The largest absolute Gasteiger partial charge is 0.497 e. The minimum Gasteiger partial charge on any atom is -0.497 e. The van der Waals surface area contributed by atoms with Crippen molar-refractivity contribution in [3.05, 3.63) is 59.2 Å². The van der Waals surface area contributed by atoms with Gasteiger partial charge in [0.15, 0.2) is 0 Å². The van der Waals surface area contributed by atoms with E-state index in [0.29, 0.717) is 13.1 Å².